The molecule has 0 spiro atoms. The van der Waals surface area contributed by atoms with Crippen LogP contribution in [0.4, 0.5) is 0 Å². The third kappa shape index (κ3) is 2.91. The number of aromatic nitrogens is 2. The number of nitrogens with zero attached hydrogens (tertiary/aromatic N) is 2. The van der Waals surface area contributed by atoms with Gasteiger partial charge >= 0.3 is 0 Å². The van der Waals surface area contributed by atoms with Crippen molar-refractivity contribution in [3.05, 3.63) is 50.1 Å². The van der Waals surface area contributed by atoms with Gasteiger partial charge in [-0.05, 0) is 29.6 Å². The predicted octanol–water partition coefficient (Wildman–Crippen LogP) is 5.34. The molecule has 20 heavy (non-hydrogen) atoms. The zero-order chi connectivity index (χ0) is 14.1. The molecular formula is C13H7BrCl2N2OS. The molecule has 1 aromatic carbocycles. The van der Waals surface area contributed by atoms with Gasteiger partial charge in [-0.25, -0.2) is 9.97 Å². The number of halogens is 3. The van der Waals surface area contributed by atoms with Crippen LogP contribution >= 0.6 is 50.5 Å². The maximum absolute atomic E-state index is 6.11. The van der Waals surface area contributed by atoms with Crippen LogP contribution in [0.25, 0.3) is 10.2 Å². The number of hydrogen-bond donors (Lipinski definition) is 0. The van der Waals surface area contributed by atoms with E-state index in [0.29, 0.717) is 21.7 Å². The minimum Gasteiger partial charge on any atom is -0.484 e. The van der Waals surface area contributed by atoms with Gasteiger partial charge in [0.25, 0.3) is 0 Å². The smallest absolute Gasteiger partial charge is 0.169 e. The highest BCUT2D eigenvalue weighted by atomic mass is 79.9. The van der Waals surface area contributed by atoms with Gasteiger partial charge in [-0.2, -0.15) is 0 Å². The van der Waals surface area contributed by atoms with E-state index < -0.39 is 0 Å². The van der Waals surface area contributed by atoms with E-state index in [0.717, 1.165) is 14.7 Å². The van der Waals surface area contributed by atoms with Gasteiger partial charge in [-0.15, -0.1) is 11.3 Å². The quantitative estimate of drug-likeness (QED) is 0.567. The van der Waals surface area contributed by atoms with Crippen LogP contribution in [-0.2, 0) is 6.61 Å². The van der Waals surface area contributed by atoms with Crippen molar-refractivity contribution in [2.75, 3.05) is 0 Å². The summed E-state index contributed by atoms with van der Waals surface area (Å²) < 4.78 is 6.52. The van der Waals surface area contributed by atoms with Crippen molar-refractivity contribution >= 4 is 60.7 Å². The average molecular weight is 390 g/mol. The minimum absolute atomic E-state index is 0.217. The Balaban J connectivity index is 1.82. The molecule has 3 nitrogen and oxygen atoms in total. The van der Waals surface area contributed by atoms with Crippen molar-refractivity contribution in [1.29, 1.82) is 0 Å². The first kappa shape index (κ1) is 14.1. The molecule has 0 bridgehead atoms. The Morgan fingerprint density at radius 1 is 1.20 bits per heavy atom. The number of benzene rings is 1. The lowest BCUT2D eigenvalue weighted by molar-refractivity contribution is 0.296. The van der Waals surface area contributed by atoms with Gasteiger partial charge in [-0.1, -0.05) is 39.1 Å². The maximum Gasteiger partial charge on any atom is 0.169 e. The van der Waals surface area contributed by atoms with Gasteiger partial charge in [-0.3, -0.25) is 0 Å². The molecule has 0 fully saturated rings. The molecule has 3 rings (SSSR count). The normalized spacial score (nSPS) is 10.9. The molecule has 0 aliphatic rings. The van der Waals surface area contributed by atoms with Gasteiger partial charge in [0.15, 0.2) is 5.82 Å². The third-order valence-corrected chi connectivity index (χ3v) is 4.46. The minimum atomic E-state index is 0.217. The van der Waals surface area contributed by atoms with E-state index in [1.165, 1.54) is 11.3 Å². The molecule has 0 N–H and O–H groups in total. The van der Waals surface area contributed by atoms with E-state index in [-0.39, 0.29) is 6.61 Å². The van der Waals surface area contributed by atoms with Crippen LogP contribution in [0.3, 0.4) is 0 Å². The summed E-state index contributed by atoms with van der Waals surface area (Å²) in [7, 11) is 0. The Morgan fingerprint density at radius 3 is 2.85 bits per heavy atom. The van der Waals surface area contributed by atoms with E-state index in [1.807, 2.05) is 17.5 Å². The van der Waals surface area contributed by atoms with Crippen LogP contribution in [0.2, 0.25) is 10.2 Å². The SMILES string of the molecule is Clc1cc(Br)ccc1OCc1nc(Cl)c2ccsc2n1. The van der Waals surface area contributed by atoms with E-state index in [2.05, 4.69) is 25.9 Å². The zero-order valence-electron chi connectivity index (χ0n) is 9.94. The summed E-state index contributed by atoms with van der Waals surface area (Å²) in [5.74, 6) is 1.12. The lowest BCUT2D eigenvalue weighted by atomic mass is 10.3. The summed E-state index contributed by atoms with van der Waals surface area (Å²) in [6.45, 7) is 0.217. The van der Waals surface area contributed by atoms with Crippen molar-refractivity contribution in [2.45, 2.75) is 6.61 Å². The van der Waals surface area contributed by atoms with Crippen LogP contribution in [-0.4, -0.2) is 9.97 Å². The molecule has 102 valence electrons. The Hall–Kier alpha value is -0.880. The Bertz CT molecular complexity index is 778. The lowest BCUT2D eigenvalue weighted by Gasteiger charge is -2.07. The molecule has 0 saturated heterocycles. The fraction of sp³-hybridized carbons (Fsp3) is 0.0769. The molecule has 0 aliphatic carbocycles. The molecule has 2 aromatic heterocycles. The molecule has 0 unspecified atom stereocenters. The maximum atomic E-state index is 6.11. The molecule has 0 amide bonds. The van der Waals surface area contributed by atoms with Crippen LogP contribution in [0, 0.1) is 0 Å². The van der Waals surface area contributed by atoms with Crippen molar-refractivity contribution in [3.8, 4) is 5.75 Å². The summed E-state index contributed by atoms with van der Waals surface area (Å²) in [4.78, 5) is 9.48. The highest BCUT2D eigenvalue weighted by Gasteiger charge is 2.09. The fourth-order valence-electron chi connectivity index (χ4n) is 1.66. The van der Waals surface area contributed by atoms with Crippen LogP contribution in [0.5, 0.6) is 5.75 Å². The molecule has 0 saturated carbocycles. The second kappa shape index (κ2) is 5.85. The number of ether oxygens (including phenoxy) is 1. The molecule has 3 aromatic rings. The number of rotatable bonds is 3. The number of hydrogen-bond acceptors (Lipinski definition) is 4. The average Bonchev–Trinajstić information content (AvgIpc) is 2.86. The Morgan fingerprint density at radius 2 is 2.05 bits per heavy atom. The second-order valence-corrected chi connectivity index (χ2v) is 6.51. The first-order valence-corrected chi connectivity index (χ1v) is 8.04. The van der Waals surface area contributed by atoms with Gasteiger partial charge in [0.05, 0.1) is 5.02 Å². The monoisotopic (exact) mass is 388 g/mol. The highest BCUT2D eigenvalue weighted by Crippen LogP contribution is 2.29. The summed E-state index contributed by atoms with van der Waals surface area (Å²) in [5.41, 5.74) is 0. The van der Waals surface area contributed by atoms with E-state index in [9.17, 15) is 0 Å². The van der Waals surface area contributed by atoms with Gasteiger partial charge < -0.3 is 4.74 Å². The first-order chi connectivity index (χ1) is 9.63. The van der Waals surface area contributed by atoms with Crippen LogP contribution in [0.15, 0.2) is 34.1 Å². The zero-order valence-corrected chi connectivity index (χ0v) is 13.9. The van der Waals surface area contributed by atoms with Crippen LogP contribution in [0.1, 0.15) is 5.82 Å². The summed E-state index contributed by atoms with van der Waals surface area (Å²) in [6.07, 6.45) is 0. The van der Waals surface area contributed by atoms with Crippen LogP contribution < -0.4 is 4.74 Å². The third-order valence-electron chi connectivity index (χ3n) is 2.58. The van der Waals surface area contributed by atoms with Crippen molar-refractivity contribution in [3.63, 3.8) is 0 Å². The molecule has 0 radical (unpaired) electrons. The van der Waals surface area contributed by atoms with Gasteiger partial charge in [0, 0.05) is 9.86 Å². The van der Waals surface area contributed by atoms with Crippen molar-refractivity contribution in [1.82, 2.24) is 9.97 Å². The van der Waals surface area contributed by atoms with Gasteiger partial charge in [0.2, 0.25) is 0 Å². The lowest BCUT2D eigenvalue weighted by Crippen LogP contribution is -2.02. The molecule has 0 aliphatic heterocycles. The molecule has 7 heteroatoms. The predicted molar refractivity (Wildman–Crippen MR) is 85.9 cm³/mol. The Labute approximate surface area is 137 Å². The van der Waals surface area contributed by atoms with Crippen molar-refractivity contribution in [2.24, 2.45) is 0 Å². The fourth-order valence-corrected chi connectivity index (χ4v) is 3.48. The summed E-state index contributed by atoms with van der Waals surface area (Å²) in [5, 5.41) is 3.77. The standard InChI is InChI=1S/C13H7BrCl2N2OS/c14-7-1-2-10(9(15)5-7)19-6-11-17-12(16)8-3-4-20-13(8)18-11/h1-5H,6H2. The largest absolute Gasteiger partial charge is 0.484 e. The highest BCUT2D eigenvalue weighted by molar-refractivity contribution is 9.10. The van der Waals surface area contributed by atoms with Gasteiger partial charge in [0.1, 0.15) is 22.3 Å². The van der Waals surface area contributed by atoms with E-state index in [1.54, 1.807) is 12.1 Å². The first-order valence-electron chi connectivity index (χ1n) is 5.61. The van der Waals surface area contributed by atoms with E-state index >= 15 is 0 Å². The van der Waals surface area contributed by atoms with E-state index in [4.69, 9.17) is 27.9 Å². The summed E-state index contributed by atoms with van der Waals surface area (Å²) in [6, 6.07) is 7.32. The molecule has 0 atom stereocenters. The topological polar surface area (TPSA) is 35.0 Å². The molecular weight excluding hydrogens is 383 g/mol. The van der Waals surface area contributed by atoms with Crippen molar-refractivity contribution < 1.29 is 4.74 Å². The number of thiophene rings is 1. The molecule has 2 heterocycles. The summed E-state index contributed by atoms with van der Waals surface area (Å²) >= 11 is 17.1. The Kier molecular flexibility index (Phi) is 4.12. The second-order valence-electron chi connectivity index (χ2n) is 3.93. The number of fused-ring (bicyclic) bond motifs is 1.